The second-order valence-electron chi connectivity index (χ2n) is 7.12. The Balaban J connectivity index is 2.30. The number of thiocarbonyl (C=S) groups is 1. The van der Waals surface area contributed by atoms with Crippen LogP contribution in [0.2, 0.25) is 0 Å². The van der Waals surface area contributed by atoms with Gasteiger partial charge in [0.15, 0.2) is 0 Å². The van der Waals surface area contributed by atoms with Gasteiger partial charge in [-0.3, -0.25) is 4.90 Å². The quantitative estimate of drug-likeness (QED) is 0.866. The normalized spacial score (nSPS) is 22.7. The zero-order chi connectivity index (χ0) is 15.7. The van der Waals surface area contributed by atoms with Crippen LogP contribution in [-0.4, -0.2) is 34.2 Å². The second-order valence-corrected chi connectivity index (χ2v) is 7.65. The minimum atomic E-state index is -0.176. The standard InChI is InChI=1S/C17H26N2OS/c1-16(2)11-19(12-17(3,4)20-16)14(10-15(18)21)13-8-6-5-7-9-13/h5-9,14H,10-12H2,1-4H3,(H2,18,21). The van der Waals surface area contributed by atoms with Gasteiger partial charge in [-0.05, 0) is 33.3 Å². The third-order valence-electron chi connectivity index (χ3n) is 3.74. The zero-order valence-electron chi connectivity index (χ0n) is 13.4. The summed E-state index contributed by atoms with van der Waals surface area (Å²) in [4.78, 5) is 3.02. The molecule has 1 aromatic carbocycles. The molecule has 1 atom stereocenters. The highest BCUT2D eigenvalue weighted by atomic mass is 32.1. The van der Waals surface area contributed by atoms with Crippen LogP contribution in [0.5, 0.6) is 0 Å². The van der Waals surface area contributed by atoms with E-state index in [1.165, 1.54) is 5.56 Å². The topological polar surface area (TPSA) is 38.5 Å². The van der Waals surface area contributed by atoms with Gasteiger partial charge in [-0.15, -0.1) is 0 Å². The lowest BCUT2D eigenvalue weighted by Gasteiger charge is -2.49. The summed E-state index contributed by atoms with van der Waals surface area (Å²) in [5.41, 5.74) is 6.76. The number of nitrogens with zero attached hydrogens (tertiary/aromatic N) is 1. The monoisotopic (exact) mass is 306 g/mol. The van der Waals surface area contributed by atoms with Gasteiger partial charge in [-0.25, -0.2) is 0 Å². The first-order chi connectivity index (χ1) is 9.69. The van der Waals surface area contributed by atoms with E-state index in [4.69, 9.17) is 22.7 Å². The van der Waals surface area contributed by atoms with Crippen molar-refractivity contribution in [2.45, 2.75) is 51.4 Å². The Bertz CT molecular complexity index is 483. The molecule has 0 radical (unpaired) electrons. The fraction of sp³-hybridized carbons (Fsp3) is 0.588. The maximum Gasteiger partial charge on any atom is 0.0761 e. The summed E-state index contributed by atoms with van der Waals surface area (Å²) < 4.78 is 6.18. The summed E-state index contributed by atoms with van der Waals surface area (Å²) in [6.07, 6.45) is 0.700. The van der Waals surface area contributed by atoms with Crippen LogP contribution in [0.4, 0.5) is 0 Å². The van der Waals surface area contributed by atoms with Crippen molar-refractivity contribution in [3.63, 3.8) is 0 Å². The van der Waals surface area contributed by atoms with Gasteiger partial charge in [0.05, 0.1) is 16.2 Å². The largest absolute Gasteiger partial charge is 0.393 e. The first-order valence-corrected chi connectivity index (χ1v) is 7.87. The fourth-order valence-corrected chi connectivity index (χ4v) is 3.55. The van der Waals surface area contributed by atoms with Crippen molar-refractivity contribution in [1.82, 2.24) is 4.90 Å². The summed E-state index contributed by atoms with van der Waals surface area (Å²) in [7, 11) is 0. The highest BCUT2D eigenvalue weighted by molar-refractivity contribution is 7.80. The summed E-state index contributed by atoms with van der Waals surface area (Å²) in [6.45, 7) is 10.3. The Labute approximate surface area is 133 Å². The predicted octanol–water partition coefficient (Wildman–Crippen LogP) is 3.29. The molecular weight excluding hydrogens is 280 g/mol. The summed E-state index contributed by atoms with van der Waals surface area (Å²) in [6, 6.07) is 10.7. The minimum absolute atomic E-state index is 0.176. The third-order valence-corrected chi connectivity index (χ3v) is 3.91. The Hall–Kier alpha value is -0.970. The molecule has 116 valence electrons. The van der Waals surface area contributed by atoms with Crippen molar-refractivity contribution >= 4 is 17.2 Å². The van der Waals surface area contributed by atoms with Gasteiger partial charge in [0, 0.05) is 25.6 Å². The van der Waals surface area contributed by atoms with Crippen LogP contribution < -0.4 is 5.73 Å². The van der Waals surface area contributed by atoms with E-state index in [0.717, 1.165) is 13.1 Å². The van der Waals surface area contributed by atoms with E-state index in [9.17, 15) is 0 Å². The average Bonchev–Trinajstić information content (AvgIpc) is 2.33. The number of morpholine rings is 1. The van der Waals surface area contributed by atoms with E-state index in [-0.39, 0.29) is 17.2 Å². The Morgan fingerprint density at radius 1 is 1.19 bits per heavy atom. The Kier molecular flexibility index (Phi) is 4.71. The molecular formula is C17H26N2OS. The molecule has 2 N–H and O–H groups in total. The fourth-order valence-electron chi connectivity index (χ4n) is 3.39. The molecule has 1 heterocycles. The van der Waals surface area contributed by atoms with Crippen LogP contribution in [0.3, 0.4) is 0 Å². The molecule has 2 rings (SSSR count). The molecule has 0 amide bonds. The van der Waals surface area contributed by atoms with Crippen LogP contribution in [0.25, 0.3) is 0 Å². The van der Waals surface area contributed by atoms with Gasteiger partial charge in [-0.2, -0.15) is 0 Å². The highest BCUT2D eigenvalue weighted by Crippen LogP contribution is 2.35. The second kappa shape index (κ2) is 6.03. The molecule has 1 saturated heterocycles. The number of hydrogen-bond donors (Lipinski definition) is 1. The lowest BCUT2D eigenvalue weighted by atomic mass is 9.93. The first kappa shape index (κ1) is 16.4. The van der Waals surface area contributed by atoms with Gasteiger partial charge in [0.2, 0.25) is 0 Å². The van der Waals surface area contributed by atoms with Gasteiger partial charge in [0.25, 0.3) is 0 Å². The van der Waals surface area contributed by atoms with Crippen molar-refractivity contribution in [2.24, 2.45) is 5.73 Å². The van der Waals surface area contributed by atoms with E-state index < -0.39 is 0 Å². The third kappa shape index (κ3) is 4.50. The Morgan fingerprint density at radius 3 is 2.19 bits per heavy atom. The van der Waals surface area contributed by atoms with E-state index >= 15 is 0 Å². The van der Waals surface area contributed by atoms with E-state index in [2.05, 4.69) is 56.9 Å². The molecule has 21 heavy (non-hydrogen) atoms. The Morgan fingerprint density at radius 2 is 1.71 bits per heavy atom. The molecule has 1 aromatic rings. The summed E-state index contributed by atoms with van der Waals surface area (Å²) in [5, 5.41) is 0. The van der Waals surface area contributed by atoms with Crippen molar-refractivity contribution in [3.8, 4) is 0 Å². The van der Waals surface area contributed by atoms with Crippen molar-refractivity contribution in [3.05, 3.63) is 35.9 Å². The molecule has 0 saturated carbocycles. The predicted molar refractivity (Wildman–Crippen MR) is 91.4 cm³/mol. The zero-order valence-corrected chi connectivity index (χ0v) is 14.2. The molecule has 4 heteroatoms. The molecule has 0 aromatic heterocycles. The van der Waals surface area contributed by atoms with Crippen molar-refractivity contribution < 1.29 is 4.74 Å². The number of nitrogens with two attached hydrogens (primary N) is 1. The minimum Gasteiger partial charge on any atom is -0.393 e. The molecule has 3 nitrogen and oxygen atoms in total. The maximum absolute atomic E-state index is 6.18. The average molecular weight is 306 g/mol. The van der Waals surface area contributed by atoms with Gasteiger partial charge >= 0.3 is 0 Å². The van der Waals surface area contributed by atoms with Crippen LogP contribution in [0.15, 0.2) is 30.3 Å². The molecule has 0 spiro atoms. The molecule has 1 unspecified atom stereocenters. The van der Waals surface area contributed by atoms with Gasteiger partial charge < -0.3 is 10.5 Å². The molecule has 0 bridgehead atoms. The highest BCUT2D eigenvalue weighted by Gasteiger charge is 2.40. The van der Waals surface area contributed by atoms with Crippen LogP contribution in [0.1, 0.15) is 45.7 Å². The van der Waals surface area contributed by atoms with Gasteiger partial charge in [-0.1, -0.05) is 42.5 Å². The van der Waals surface area contributed by atoms with Crippen LogP contribution in [0, 0.1) is 0 Å². The SMILES string of the molecule is CC1(C)CN(C(CC(N)=S)c2ccccc2)CC(C)(C)O1. The molecule has 1 fully saturated rings. The summed E-state index contributed by atoms with van der Waals surface area (Å²) in [5.74, 6) is 0. The van der Waals surface area contributed by atoms with E-state index in [1.54, 1.807) is 0 Å². The number of ether oxygens (including phenoxy) is 1. The molecule has 1 aliphatic rings. The number of benzene rings is 1. The van der Waals surface area contributed by atoms with E-state index in [1.807, 2.05) is 6.07 Å². The lowest BCUT2D eigenvalue weighted by Crippen LogP contribution is -2.58. The maximum atomic E-state index is 6.18. The smallest absolute Gasteiger partial charge is 0.0761 e. The van der Waals surface area contributed by atoms with Crippen LogP contribution >= 0.6 is 12.2 Å². The number of rotatable bonds is 4. The molecule has 0 aliphatic carbocycles. The van der Waals surface area contributed by atoms with Crippen molar-refractivity contribution in [1.29, 1.82) is 0 Å². The van der Waals surface area contributed by atoms with Gasteiger partial charge in [0.1, 0.15) is 0 Å². The van der Waals surface area contributed by atoms with Crippen LogP contribution in [-0.2, 0) is 4.74 Å². The van der Waals surface area contributed by atoms with E-state index in [0.29, 0.717) is 11.4 Å². The lowest BCUT2D eigenvalue weighted by molar-refractivity contribution is -0.187. The molecule has 1 aliphatic heterocycles. The summed E-state index contributed by atoms with van der Waals surface area (Å²) >= 11 is 5.18. The first-order valence-electron chi connectivity index (χ1n) is 7.46. The van der Waals surface area contributed by atoms with Crippen molar-refractivity contribution in [2.75, 3.05) is 13.1 Å². The number of hydrogen-bond acceptors (Lipinski definition) is 3.